The van der Waals surface area contributed by atoms with Crippen LogP contribution in [-0.4, -0.2) is 30.8 Å². The molecule has 0 unspecified atom stereocenters. The van der Waals surface area contributed by atoms with Gasteiger partial charge in [0.1, 0.15) is 5.75 Å². The Hall–Kier alpha value is -2.54. The van der Waals surface area contributed by atoms with E-state index in [1.807, 2.05) is 18.2 Å². The lowest BCUT2D eigenvalue weighted by molar-refractivity contribution is -0.275. The summed E-state index contributed by atoms with van der Waals surface area (Å²) >= 11 is 0. The summed E-state index contributed by atoms with van der Waals surface area (Å²) in [5.41, 5.74) is 1.12. The van der Waals surface area contributed by atoms with E-state index in [4.69, 9.17) is 0 Å². The van der Waals surface area contributed by atoms with E-state index in [-0.39, 0.29) is 24.6 Å². The summed E-state index contributed by atoms with van der Waals surface area (Å²) in [6.07, 6.45) is -4.50. The molecule has 0 spiro atoms. The lowest BCUT2D eigenvalue weighted by Gasteiger charge is -2.19. The van der Waals surface area contributed by atoms with Crippen molar-refractivity contribution < 1.29 is 22.7 Å². The van der Waals surface area contributed by atoms with Crippen LogP contribution >= 0.6 is 0 Å². The van der Waals surface area contributed by atoms with E-state index in [1.165, 1.54) is 12.1 Å². The molecule has 25 heavy (non-hydrogen) atoms. The van der Waals surface area contributed by atoms with Crippen molar-refractivity contribution in [1.29, 1.82) is 0 Å². The van der Waals surface area contributed by atoms with Crippen LogP contribution in [0.3, 0.4) is 0 Å². The molecule has 134 valence electrons. The molecule has 0 heterocycles. The second kappa shape index (κ2) is 8.53. The molecule has 4 nitrogen and oxygen atoms in total. The predicted molar refractivity (Wildman–Crippen MR) is 89.1 cm³/mol. The second-order valence-corrected chi connectivity index (χ2v) is 5.56. The van der Waals surface area contributed by atoms with Gasteiger partial charge in [0, 0.05) is 30.8 Å². The van der Waals surface area contributed by atoms with E-state index >= 15 is 0 Å². The highest BCUT2D eigenvalue weighted by atomic mass is 19.4. The fraction of sp³-hybridized carbons (Fsp3) is 0.278. The van der Waals surface area contributed by atoms with E-state index in [2.05, 4.69) is 10.1 Å². The minimum absolute atomic E-state index is 0.155. The van der Waals surface area contributed by atoms with Crippen LogP contribution in [0.5, 0.6) is 5.75 Å². The summed E-state index contributed by atoms with van der Waals surface area (Å²) in [5, 5.41) is 2.76. The van der Waals surface area contributed by atoms with E-state index in [0.717, 1.165) is 0 Å². The Morgan fingerprint density at radius 2 is 1.72 bits per heavy atom. The molecule has 0 aliphatic rings. The number of ether oxygens (including phenoxy) is 1. The number of carbonyl (C=O) groups excluding carboxylic acids is 1. The highest BCUT2D eigenvalue weighted by molar-refractivity contribution is 5.90. The number of rotatable bonds is 7. The van der Waals surface area contributed by atoms with Gasteiger partial charge in [-0.2, -0.15) is 0 Å². The number of alkyl halides is 3. The number of benzene rings is 2. The molecule has 7 heteroatoms. The highest BCUT2D eigenvalue weighted by Crippen LogP contribution is 2.26. The third-order valence-corrected chi connectivity index (χ3v) is 3.42. The molecule has 0 atom stereocenters. The van der Waals surface area contributed by atoms with Crippen molar-refractivity contribution in [3.8, 4) is 5.75 Å². The number of halogens is 3. The van der Waals surface area contributed by atoms with Crippen LogP contribution in [0.1, 0.15) is 12.0 Å². The summed E-state index contributed by atoms with van der Waals surface area (Å²) in [4.78, 5) is 13.7. The van der Waals surface area contributed by atoms with Crippen LogP contribution in [0.15, 0.2) is 54.6 Å². The van der Waals surface area contributed by atoms with E-state index in [9.17, 15) is 18.0 Å². The maximum atomic E-state index is 12.4. The van der Waals surface area contributed by atoms with Crippen LogP contribution < -0.4 is 10.1 Å². The highest BCUT2D eigenvalue weighted by Gasteiger charge is 2.32. The minimum atomic E-state index is -4.73. The summed E-state index contributed by atoms with van der Waals surface area (Å²) in [5.74, 6) is -0.381. The molecule has 0 aliphatic heterocycles. The molecule has 0 bridgehead atoms. The van der Waals surface area contributed by atoms with Gasteiger partial charge in [-0.3, -0.25) is 4.79 Å². The van der Waals surface area contributed by atoms with Gasteiger partial charge in [-0.05, 0) is 25.2 Å². The van der Waals surface area contributed by atoms with Gasteiger partial charge in [0.25, 0.3) is 0 Å². The summed E-state index contributed by atoms with van der Waals surface area (Å²) < 4.78 is 41.3. The Bertz CT molecular complexity index is 690. The summed E-state index contributed by atoms with van der Waals surface area (Å²) in [6, 6.07) is 15.0. The van der Waals surface area contributed by atoms with Crippen molar-refractivity contribution >= 4 is 11.6 Å². The zero-order chi connectivity index (χ0) is 18.3. The number of amides is 1. The standard InChI is InChI=1S/C18H19F3N2O2/c1-23(12-11-17(24)22-15-8-3-2-4-9-15)13-14-7-5-6-10-16(14)25-18(19,20)21/h2-10H,11-13H2,1H3,(H,22,24). The van der Waals surface area contributed by atoms with Crippen molar-refractivity contribution in [2.45, 2.75) is 19.3 Å². The van der Waals surface area contributed by atoms with Crippen LogP contribution in [0.2, 0.25) is 0 Å². The Morgan fingerprint density at radius 3 is 2.40 bits per heavy atom. The fourth-order valence-corrected chi connectivity index (χ4v) is 2.27. The molecule has 0 aromatic heterocycles. The first-order valence-corrected chi connectivity index (χ1v) is 7.70. The van der Waals surface area contributed by atoms with E-state index < -0.39 is 6.36 Å². The molecule has 0 fully saturated rings. The van der Waals surface area contributed by atoms with Gasteiger partial charge in [0.05, 0.1) is 0 Å². The SMILES string of the molecule is CN(CCC(=O)Nc1ccccc1)Cc1ccccc1OC(F)(F)F. The predicted octanol–water partition coefficient (Wildman–Crippen LogP) is 4.05. The van der Waals surface area contributed by atoms with Gasteiger partial charge in [0.2, 0.25) is 5.91 Å². The lowest BCUT2D eigenvalue weighted by atomic mass is 10.2. The van der Waals surface area contributed by atoms with Crippen LogP contribution in [0.25, 0.3) is 0 Å². The van der Waals surface area contributed by atoms with Gasteiger partial charge in [-0.15, -0.1) is 13.2 Å². The first-order chi connectivity index (χ1) is 11.8. The number of nitrogens with zero attached hydrogens (tertiary/aromatic N) is 1. The topological polar surface area (TPSA) is 41.6 Å². The van der Waals surface area contributed by atoms with Crippen molar-refractivity contribution in [3.05, 3.63) is 60.2 Å². The maximum Gasteiger partial charge on any atom is 0.573 e. The van der Waals surface area contributed by atoms with Gasteiger partial charge >= 0.3 is 6.36 Å². The second-order valence-electron chi connectivity index (χ2n) is 5.56. The number of carbonyl (C=O) groups is 1. The first kappa shape index (κ1) is 18.8. The van der Waals surface area contributed by atoms with Crippen LogP contribution in [-0.2, 0) is 11.3 Å². The van der Waals surface area contributed by atoms with Crippen LogP contribution in [0, 0.1) is 0 Å². The average molecular weight is 352 g/mol. The monoisotopic (exact) mass is 352 g/mol. The molecular weight excluding hydrogens is 333 g/mol. The Kier molecular flexibility index (Phi) is 6.41. The molecule has 1 amide bonds. The van der Waals surface area contributed by atoms with Crippen molar-refractivity contribution in [2.75, 3.05) is 18.9 Å². The summed E-state index contributed by atoms with van der Waals surface area (Å²) in [7, 11) is 1.74. The number of hydrogen-bond donors (Lipinski definition) is 1. The molecular formula is C18H19F3N2O2. The van der Waals surface area contributed by atoms with Gasteiger partial charge < -0.3 is 15.0 Å². The molecule has 0 saturated heterocycles. The zero-order valence-electron chi connectivity index (χ0n) is 13.7. The molecule has 0 radical (unpaired) electrons. The molecule has 2 aromatic rings. The van der Waals surface area contributed by atoms with E-state index in [1.54, 1.807) is 36.2 Å². The van der Waals surface area contributed by atoms with Gasteiger partial charge in [-0.25, -0.2) is 0 Å². The van der Waals surface area contributed by atoms with Crippen molar-refractivity contribution in [2.24, 2.45) is 0 Å². The van der Waals surface area contributed by atoms with E-state index in [0.29, 0.717) is 17.8 Å². The first-order valence-electron chi connectivity index (χ1n) is 7.70. The molecule has 2 aromatic carbocycles. The molecule has 2 rings (SSSR count). The average Bonchev–Trinajstić information content (AvgIpc) is 2.54. The Labute approximate surface area is 144 Å². The Morgan fingerprint density at radius 1 is 1.08 bits per heavy atom. The molecule has 0 saturated carbocycles. The van der Waals surface area contributed by atoms with Gasteiger partial charge in [0.15, 0.2) is 0 Å². The Balaban J connectivity index is 1.86. The van der Waals surface area contributed by atoms with Gasteiger partial charge in [-0.1, -0.05) is 36.4 Å². The van der Waals surface area contributed by atoms with Crippen molar-refractivity contribution in [3.63, 3.8) is 0 Å². The quantitative estimate of drug-likeness (QED) is 0.818. The third kappa shape index (κ3) is 6.84. The zero-order valence-corrected chi connectivity index (χ0v) is 13.7. The largest absolute Gasteiger partial charge is 0.573 e. The lowest BCUT2D eigenvalue weighted by Crippen LogP contribution is -2.25. The molecule has 0 aliphatic carbocycles. The van der Waals surface area contributed by atoms with Crippen LogP contribution in [0.4, 0.5) is 18.9 Å². The normalized spacial score (nSPS) is 11.4. The number of nitrogens with one attached hydrogen (secondary N) is 1. The number of hydrogen-bond acceptors (Lipinski definition) is 3. The minimum Gasteiger partial charge on any atom is -0.405 e. The number of anilines is 1. The fourth-order valence-electron chi connectivity index (χ4n) is 2.27. The smallest absolute Gasteiger partial charge is 0.405 e. The maximum absolute atomic E-state index is 12.4. The summed E-state index contributed by atoms with van der Waals surface area (Å²) in [6.45, 7) is 0.643. The molecule has 1 N–H and O–H groups in total. The number of para-hydroxylation sites is 2. The third-order valence-electron chi connectivity index (χ3n) is 3.42. The van der Waals surface area contributed by atoms with Crippen molar-refractivity contribution in [1.82, 2.24) is 4.90 Å².